The average Bonchev–Trinajstić information content (AvgIpc) is 3.15. The van der Waals surface area contributed by atoms with Gasteiger partial charge in [-0.25, -0.2) is 14.6 Å². The quantitative estimate of drug-likeness (QED) is 0.920. The number of aryl methyl sites for hydroxylation is 2. The second-order valence-electron chi connectivity index (χ2n) is 6.34. The van der Waals surface area contributed by atoms with Crippen molar-refractivity contribution in [3.8, 4) is 5.82 Å². The highest BCUT2D eigenvalue weighted by Crippen LogP contribution is 2.28. The van der Waals surface area contributed by atoms with Crippen molar-refractivity contribution in [1.29, 1.82) is 0 Å². The maximum Gasteiger partial charge on any atom is 0.225 e. The molecule has 0 bridgehead atoms. The minimum Gasteiger partial charge on any atom is -0.311 e. The van der Waals surface area contributed by atoms with Crippen molar-refractivity contribution >= 4 is 11.7 Å². The fraction of sp³-hybridized carbons (Fsp3) is 0.529. The van der Waals surface area contributed by atoms with E-state index in [1.807, 2.05) is 19.9 Å². The van der Waals surface area contributed by atoms with Gasteiger partial charge in [0.25, 0.3) is 0 Å². The molecular formula is C17H23N5O. The van der Waals surface area contributed by atoms with E-state index < -0.39 is 0 Å². The minimum absolute atomic E-state index is 0.0231. The number of hydrogen-bond donors (Lipinski definition) is 1. The van der Waals surface area contributed by atoms with Crippen LogP contribution in [0.2, 0.25) is 0 Å². The van der Waals surface area contributed by atoms with E-state index >= 15 is 0 Å². The maximum absolute atomic E-state index is 12.1. The number of nitrogens with zero attached hydrogens (tertiary/aromatic N) is 4. The Morgan fingerprint density at radius 3 is 2.74 bits per heavy atom. The van der Waals surface area contributed by atoms with Crippen LogP contribution in [-0.4, -0.2) is 25.7 Å². The standard InChI is InChI=1S/C17H23N5O/c1-12-9-13(2)22(21-12)16-10-15(18-11-19-16)20-17(23)8-7-14-5-3-4-6-14/h9-11,14H,3-8H2,1-2H3,(H,18,19,20,23). The van der Waals surface area contributed by atoms with Crippen LogP contribution in [0.4, 0.5) is 5.82 Å². The molecule has 122 valence electrons. The van der Waals surface area contributed by atoms with Crippen LogP contribution in [0, 0.1) is 19.8 Å². The van der Waals surface area contributed by atoms with Crippen molar-refractivity contribution in [1.82, 2.24) is 19.7 Å². The Balaban J connectivity index is 1.63. The van der Waals surface area contributed by atoms with E-state index in [-0.39, 0.29) is 5.91 Å². The van der Waals surface area contributed by atoms with Gasteiger partial charge in [0.05, 0.1) is 5.69 Å². The van der Waals surface area contributed by atoms with E-state index in [0.29, 0.717) is 18.1 Å². The third-order valence-corrected chi connectivity index (χ3v) is 4.40. The van der Waals surface area contributed by atoms with Gasteiger partial charge in [0.2, 0.25) is 5.91 Å². The number of anilines is 1. The number of rotatable bonds is 5. The molecule has 0 unspecified atom stereocenters. The van der Waals surface area contributed by atoms with Crippen molar-refractivity contribution in [2.24, 2.45) is 5.92 Å². The Labute approximate surface area is 136 Å². The zero-order chi connectivity index (χ0) is 16.2. The van der Waals surface area contributed by atoms with Gasteiger partial charge < -0.3 is 5.32 Å². The molecule has 1 amide bonds. The Hall–Kier alpha value is -2.24. The summed E-state index contributed by atoms with van der Waals surface area (Å²) in [6.07, 6.45) is 8.14. The molecule has 0 aliphatic heterocycles. The lowest BCUT2D eigenvalue weighted by Gasteiger charge is -2.09. The van der Waals surface area contributed by atoms with Crippen LogP contribution >= 0.6 is 0 Å². The molecule has 6 heteroatoms. The van der Waals surface area contributed by atoms with Gasteiger partial charge in [0, 0.05) is 18.2 Å². The number of carbonyl (C=O) groups is 1. The van der Waals surface area contributed by atoms with Gasteiger partial charge in [-0.1, -0.05) is 25.7 Å². The van der Waals surface area contributed by atoms with E-state index in [2.05, 4.69) is 20.4 Å². The number of carbonyl (C=O) groups excluding carboxylic acids is 1. The van der Waals surface area contributed by atoms with Crippen molar-refractivity contribution in [3.63, 3.8) is 0 Å². The number of nitrogens with one attached hydrogen (secondary N) is 1. The zero-order valence-corrected chi connectivity index (χ0v) is 13.7. The normalized spacial score (nSPS) is 15.0. The Morgan fingerprint density at radius 2 is 2.04 bits per heavy atom. The topological polar surface area (TPSA) is 72.7 Å². The summed E-state index contributed by atoms with van der Waals surface area (Å²) < 4.78 is 1.76. The average molecular weight is 313 g/mol. The Kier molecular flexibility index (Phi) is 4.69. The molecule has 2 aromatic heterocycles. The summed E-state index contributed by atoms with van der Waals surface area (Å²) >= 11 is 0. The molecule has 0 saturated heterocycles. The SMILES string of the molecule is Cc1cc(C)n(-c2cc(NC(=O)CCC3CCCC3)ncn2)n1. The van der Waals surface area contributed by atoms with Crippen LogP contribution in [0.15, 0.2) is 18.5 Å². The van der Waals surface area contributed by atoms with Crippen LogP contribution in [0.5, 0.6) is 0 Å². The van der Waals surface area contributed by atoms with Crippen molar-refractivity contribution < 1.29 is 4.79 Å². The van der Waals surface area contributed by atoms with Crippen LogP contribution in [0.1, 0.15) is 49.9 Å². The van der Waals surface area contributed by atoms with Gasteiger partial charge >= 0.3 is 0 Å². The summed E-state index contributed by atoms with van der Waals surface area (Å²) in [7, 11) is 0. The molecule has 0 radical (unpaired) electrons. The minimum atomic E-state index is 0.0231. The van der Waals surface area contributed by atoms with Gasteiger partial charge in [-0.3, -0.25) is 4.79 Å². The third-order valence-electron chi connectivity index (χ3n) is 4.40. The predicted molar refractivity (Wildman–Crippen MR) is 88.4 cm³/mol. The largest absolute Gasteiger partial charge is 0.311 e. The van der Waals surface area contributed by atoms with Crippen LogP contribution in [-0.2, 0) is 4.79 Å². The van der Waals surface area contributed by atoms with Crippen molar-refractivity contribution in [2.75, 3.05) is 5.32 Å². The molecule has 0 atom stereocenters. The smallest absolute Gasteiger partial charge is 0.225 e. The van der Waals surface area contributed by atoms with Gasteiger partial charge in [-0.15, -0.1) is 0 Å². The van der Waals surface area contributed by atoms with E-state index in [1.165, 1.54) is 32.0 Å². The lowest BCUT2D eigenvalue weighted by molar-refractivity contribution is -0.116. The fourth-order valence-electron chi connectivity index (χ4n) is 3.23. The second kappa shape index (κ2) is 6.89. The van der Waals surface area contributed by atoms with Gasteiger partial charge in [0.1, 0.15) is 12.1 Å². The molecule has 3 rings (SSSR count). The highest BCUT2D eigenvalue weighted by Gasteiger charge is 2.16. The predicted octanol–water partition coefficient (Wildman–Crippen LogP) is 3.19. The van der Waals surface area contributed by atoms with Crippen LogP contribution < -0.4 is 5.32 Å². The summed E-state index contributed by atoms with van der Waals surface area (Å²) in [5.74, 6) is 1.93. The molecule has 2 aromatic rings. The van der Waals surface area contributed by atoms with Gasteiger partial charge in [-0.2, -0.15) is 5.10 Å². The molecule has 1 aliphatic rings. The molecule has 6 nitrogen and oxygen atoms in total. The molecule has 1 aliphatic carbocycles. The maximum atomic E-state index is 12.1. The van der Waals surface area contributed by atoms with Crippen molar-refractivity contribution in [2.45, 2.75) is 52.4 Å². The number of hydrogen-bond acceptors (Lipinski definition) is 4. The van der Waals surface area contributed by atoms with Gasteiger partial charge in [-0.05, 0) is 32.3 Å². The molecular weight excluding hydrogens is 290 g/mol. The molecule has 1 fully saturated rings. The summed E-state index contributed by atoms with van der Waals surface area (Å²) in [6, 6.07) is 3.74. The Morgan fingerprint density at radius 1 is 1.26 bits per heavy atom. The van der Waals surface area contributed by atoms with Crippen LogP contribution in [0.25, 0.3) is 5.82 Å². The first-order valence-electron chi connectivity index (χ1n) is 8.27. The highest BCUT2D eigenvalue weighted by molar-refractivity contribution is 5.89. The third kappa shape index (κ3) is 3.94. The monoisotopic (exact) mass is 313 g/mol. The van der Waals surface area contributed by atoms with E-state index in [9.17, 15) is 4.79 Å². The zero-order valence-electron chi connectivity index (χ0n) is 13.7. The van der Waals surface area contributed by atoms with E-state index in [0.717, 1.165) is 23.7 Å². The second-order valence-corrected chi connectivity index (χ2v) is 6.34. The summed E-state index contributed by atoms with van der Waals surface area (Å²) in [4.78, 5) is 20.5. The van der Waals surface area contributed by atoms with Crippen LogP contribution in [0.3, 0.4) is 0 Å². The van der Waals surface area contributed by atoms with Crippen molar-refractivity contribution in [3.05, 3.63) is 29.8 Å². The first-order valence-corrected chi connectivity index (χ1v) is 8.27. The Bertz CT molecular complexity index is 688. The molecule has 1 N–H and O–H groups in total. The fourth-order valence-corrected chi connectivity index (χ4v) is 3.23. The molecule has 0 spiro atoms. The lowest BCUT2D eigenvalue weighted by atomic mass is 10.0. The van der Waals surface area contributed by atoms with Gasteiger partial charge in [0.15, 0.2) is 5.82 Å². The summed E-state index contributed by atoms with van der Waals surface area (Å²) in [6.45, 7) is 3.92. The summed E-state index contributed by atoms with van der Waals surface area (Å²) in [5.41, 5.74) is 1.93. The number of aromatic nitrogens is 4. The molecule has 0 aromatic carbocycles. The first kappa shape index (κ1) is 15.6. The highest BCUT2D eigenvalue weighted by atomic mass is 16.1. The lowest BCUT2D eigenvalue weighted by Crippen LogP contribution is -2.14. The molecule has 1 saturated carbocycles. The molecule has 2 heterocycles. The van der Waals surface area contributed by atoms with E-state index in [1.54, 1.807) is 10.7 Å². The molecule has 23 heavy (non-hydrogen) atoms. The van der Waals surface area contributed by atoms with E-state index in [4.69, 9.17) is 0 Å². The first-order chi connectivity index (χ1) is 11.1. The number of amides is 1. The summed E-state index contributed by atoms with van der Waals surface area (Å²) in [5, 5.41) is 7.27.